The van der Waals surface area contributed by atoms with Crippen LogP contribution in [0.25, 0.3) is 0 Å². The summed E-state index contributed by atoms with van der Waals surface area (Å²) >= 11 is 0. The zero-order valence-corrected chi connectivity index (χ0v) is 9.12. The zero-order chi connectivity index (χ0) is 10.8. The van der Waals surface area contributed by atoms with Gasteiger partial charge in [-0.05, 0) is 16.6 Å². The first-order valence-electron chi connectivity index (χ1n) is 4.85. The molecule has 0 radical (unpaired) electrons. The number of rotatable bonds is 2. The maximum Gasteiger partial charge on any atom is 0.100 e. The summed E-state index contributed by atoms with van der Waals surface area (Å²) in [6.07, 6.45) is -0.559. The highest BCUT2D eigenvalue weighted by Gasteiger charge is 2.22. The van der Waals surface area contributed by atoms with Crippen LogP contribution >= 0.6 is 0 Å². The van der Waals surface area contributed by atoms with E-state index in [-0.39, 0.29) is 5.41 Å². The van der Waals surface area contributed by atoms with Crippen LogP contribution in [-0.2, 0) is 0 Å². The molecular formula is C13H18O. The highest BCUT2D eigenvalue weighted by Crippen LogP contribution is 2.33. The third-order valence-corrected chi connectivity index (χ3v) is 2.41. The minimum atomic E-state index is -0.559. The van der Waals surface area contributed by atoms with Crippen molar-refractivity contribution in [3.63, 3.8) is 0 Å². The van der Waals surface area contributed by atoms with E-state index in [4.69, 9.17) is 0 Å². The van der Waals surface area contributed by atoms with Crippen LogP contribution in [0.4, 0.5) is 0 Å². The number of aliphatic hydroxyl groups is 1. The van der Waals surface area contributed by atoms with Crippen LogP contribution in [0.2, 0.25) is 0 Å². The van der Waals surface area contributed by atoms with Gasteiger partial charge in [0, 0.05) is 0 Å². The van der Waals surface area contributed by atoms with Crippen LogP contribution in [0.15, 0.2) is 42.5 Å². The van der Waals surface area contributed by atoms with Crippen molar-refractivity contribution in [1.29, 1.82) is 0 Å². The Morgan fingerprint density at radius 2 is 1.71 bits per heavy atom. The van der Waals surface area contributed by atoms with Gasteiger partial charge < -0.3 is 5.11 Å². The van der Waals surface area contributed by atoms with E-state index < -0.39 is 6.10 Å². The molecule has 0 unspecified atom stereocenters. The molecule has 0 saturated carbocycles. The Kier molecular flexibility index (Phi) is 3.12. The lowest BCUT2D eigenvalue weighted by molar-refractivity contribution is 0.189. The number of benzene rings is 1. The van der Waals surface area contributed by atoms with Crippen molar-refractivity contribution in [2.24, 2.45) is 5.41 Å². The topological polar surface area (TPSA) is 20.2 Å². The van der Waals surface area contributed by atoms with Gasteiger partial charge in [0.1, 0.15) is 6.10 Å². The Hall–Kier alpha value is -1.08. The smallest absolute Gasteiger partial charge is 0.100 e. The summed E-state index contributed by atoms with van der Waals surface area (Å²) in [6, 6.07) is 9.63. The molecule has 0 aliphatic carbocycles. The molecule has 1 N–H and O–H groups in total. The maximum absolute atomic E-state index is 10.0. The minimum absolute atomic E-state index is 0.0603. The molecule has 0 aliphatic rings. The van der Waals surface area contributed by atoms with Gasteiger partial charge >= 0.3 is 0 Å². The van der Waals surface area contributed by atoms with Crippen LogP contribution in [0.3, 0.4) is 0 Å². The predicted molar refractivity (Wildman–Crippen MR) is 60.0 cm³/mol. The Labute approximate surface area is 86.1 Å². The Morgan fingerprint density at radius 1 is 1.21 bits per heavy atom. The summed E-state index contributed by atoms with van der Waals surface area (Å²) in [4.78, 5) is 0. The highest BCUT2D eigenvalue weighted by atomic mass is 16.3. The van der Waals surface area contributed by atoms with Crippen LogP contribution < -0.4 is 0 Å². The van der Waals surface area contributed by atoms with E-state index in [9.17, 15) is 5.11 Å². The second-order valence-electron chi connectivity index (χ2n) is 4.59. The molecule has 0 spiro atoms. The third-order valence-electron chi connectivity index (χ3n) is 2.41. The maximum atomic E-state index is 10.0. The molecule has 14 heavy (non-hydrogen) atoms. The van der Waals surface area contributed by atoms with Gasteiger partial charge in [-0.15, -0.1) is 0 Å². The lowest BCUT2D eigenvalue weighted by Gasteiger charge is -2.26. The van der Waals surface area contributed by atoms with E-state index in [0.29, 0.717) is 0 Å². The van der Waals surface area contributed by atoms with Gasteiger partial charge in [-0.1, -0.05) is 57.7 Å². The molecule has 1 rings (SSSR count). The first-order valence-corrected chi connectivity index (χ1v) is 4.85. The molecule has 0 saturated heterocycles. The largest absolute Gasteiger partial charge is 0.384 e. The van der Waals surface area contributed by atoms with Gasteiger partial charge in [0.05, 0.1) is 0 Å². The van der Waals surface area contributed by atoms with Gasteiger partial charge in [0.2, 0.25) is 0 Å². The van der Waals surface area contributed by atoms with Gasteiger partial charge in [-0.25, -0.2) is 0 Å². The second-order valence-corrected chi connectivity index (χ2v) is 4.59. The fraction of sp³-hybridized carbons (Fsp3) is 0.385. The predicted octanol–water partition coefficient (Wildman–Crippen LogP) is 3.32. The molecule has 1 heteroatoms. The molecule has 1 nitrogen and oxygen atoms in total. The fourth-order valence-electron chi connectivity index (χ4n) is 1.25. The summed E-state index contributed by atoms with van der Waals surface area (Å²) in [5.41, 5.74) is 1.70. The SMILES string of the molecule is C=C([C@H](O)c1ccccc1)C(C)(C)C. The van der Waals surface area contributed by atoms with Gasteiger partial charge in [0.25, 0.3) is 0 Å². The number of hydrogen-bond acceptors (Lipinski definition) is 1. The first-order chi connectivity index (χ1) is 6.43. The molecule has 0 aromatic heterocycles. The molecule has 0 fully saturated rings. The third kappa shape index (κ3) is 2.46. The Morgan fingerprint density at radius 3 is 2.14 bits per heavy atom. The van der Waals surface area contributed by atoms with Gasteiger partial charge in [-0.3, -0.25) is 0 Å². The average molecular weight is 190 g/mol. The van der Waals surface area contributed by atoms with Gasteiger partial charge in [-0.2, -0.15) is 0 Å². The van der Waals surface area contributed by atoms with E-state index >= 15 is 0 Å². The quantitative estimate of drug-likeness (QED) is 0.709. The molecule has 1 atom stereocenters. The normalized spacial score (nSPS) is 13.7. The summed E-state index contributed by atoms with van der Waals surface area (Å²) < 4.78 is 0. The second kappa shape index (κ2) is 3.97. The van der Waals surface area contributed by atoms with Gasteiger partial charge in [0.15, 0.2) is 0 Å². The standard InChI is InChI=1S/C13H18O/c1-10(13(2,3)4)12(14)11-8-6-5-7-9-11/h5-9,12,14H,1H2,2-4H3/t12-/m0/s1. The van der Waals surface area contributed by atoms with Crippen LogP contribution in [-0.4, -0.2) is 5.11 Å². The van der Waals surface area contributed by atoms with Crippen molar-refractivity contribution in [3.8, 4) is 0 Å². The lowest BCUT2D eigenvalue weighted by Crippen LogP contribution is -2.15. The summed E-state index contributed by atoms with van der Waals surface area (Å²) in [6.45, 7) is 10.1. The Bertz CT molecular complexity index is 306. The summed E-state index contributed by atoms with van der Waals surface area (Å²) in [5, 5.41) is 10.0. The van der Waals surface area contributed by atoms with Crippen molar-refractivity contribution in [3.05, 3.63) is 48.0 Å². The first kappa shape index (κ1) is 11.0. The van der Waals surface area contributed by atoms with Crippen LogP contribution in [0.5, 0.6) is 0 Å². The molecular weight excluding hydrogens is 172 g/mol. The van der Waals surface area contributed by atoms with Crippen LogP contribution in [0, 0.1) is 5.41 Å². The van der Waals surface area contributed by atoms with E-state index in [2.05, 4.69) is 27.4 Å². The molecule has 1 aromatic rings. The van der Waals surface area contributed by atoms with Crippen LogP contribution in [0.1, 0.15) is 32.4 Å². The van der Waals surface area contributed by atoms with E-state index in [1.54, 1.807) is 0 Å². The lowest BCUT2D eigenvalue weighted by atomic mass is 9.82. The molecule has 76 valence electrons. The Balaban J connectivity index is 2.87. The van der Waals surface area contributed by atoms with E-state index in [1.807, 2.05) is 30.3 Å². The van der Waals surface area contributed by atoms with Crippen molar-refractivity contribution in [2.75, 3.05) is 0 Å². The van der Waals surface area contributed by atoms with Crippen molar-refractivity contribution in [2.45, 2.75) is 26.9 Å². The number of aliphatic hydroxyl groups excluding tert-OH is 1. The molecule has 0 bridgehead atoms. The summed E-state index contributed by atoms with van der Waals surface area (Å²) in [7, 11) is 0. The fourth-order valence-corrected chi connectivity index (χ4v) is 1.25. The molecule has 0 amide bonds. The van der Waals surface area contributed by atoms with E-state index in [0.717, 1.165) is 11.1 Å². The minimum Gasteiger partial charge on any atom is -0.384 e. The summed E-state index contributed by atoms with van der Waals surface area (Å²) in [5.74, 6) is 0. The highest BCUT2D eigenvalue weighted by molar-refractivity contribution is 5.26. The van der Waals surface area contributed by atoms with Crippen molar-refractivity contribution < 1.29 is 5.11 Å². The van der Waals surface area contributed by atoms with Crippen molar-refractivity contribution in [1.82, 2.24) is 0 Å². The monoisotopic (exact) mass is 190 g/mol. The number of hydrogen-bond donors (Lipinski definition) is 1. The molecule has 0 heterocycles. The molecule has 1 aromatic carbocycles. The average Bonchev–Trinajstić information content (AvgIpc) is 2.15. The van der Waals surface area contributed by atoms with E-state index in [1.165, 1.54) is 0 Å². The van der Waals surface area contributed by atoms with Crippen molar-refractivity contribution >= 4 is 0 Å². The molecule has 0 aliphatic heterocycles. The zero-order valence-electron chi connectivity index (χ0n) is 9.12.